The fourth-order valence-corrected chi connectivity index (χ4v) is 2.75. The summed E-state index contributed by atoms with van der Waals surface area (Å²) in [6.07, 6.45) is 1.81. The van der Waals surface area contributed by atoms with Crippen LogP contribution in [-0.4, -0.2) is 4.98 Å². The van der Waals surface area contributed by atoms with Gasteiger partial charge in [0.15, 0.2) is 0 Å². The second-order valence-electron chi connectivity index (χ2n) is 3.08. The Kier molecular flexibility index (Phi) is 13.9. The first kappa shape index (κ1) is 25.3. The summed E-state index contributed by atoms with van der Waals surface area (Å²) in [6, 6.07) is 12.1. The normalized spacial score (nSPS) is 10.6. The SMILES string of the molecule is [K+].[K+].[O]=[Cr](=[O])([O-])[O][Cr](=[O])(=[O])[O-].c1ccc2ncccc2c1. The maximum Gasteiger partial charge on any atom is 0.0701 e. The predicted molar refractivity (Wildman–Crippen MR) is 45.6 cm³/mol. The van der Waals surface area contributed by atoms with Gasteiger partial charge < -0.3 is 0 Å². The number of aromatic nitrogens is 1. The molecule has 2 aromatic rings. The summed E-state index contributed by atoms with van der Waals surface area (Å²) >= 11 is -12.1. The number of nitrogens with zero attached hydrogens (tertiary/aromatic N) is 1. The Hall–Kier alpha value is 2.05. The molecule has 0 aliphatic rings. The molecule has 0 aliphatic carbocycles. The maximum atomic E-state index is 9.38. The second kappa shape index (κ2) is 11.6. The smallest absolute Gasteiger partial charge is 0.0701 e. The largest absolute Gasteiger partial charge is 0.256 e. The van der Waals surface area contributed by atoms with E-state index in [0.29, 0.717) is 0 Å². The zero-order valence-electron chi connectivity index (χ0n) is 11.2. The van der Waals surface area contributed by atoms with Crippen LogP contribution < -0.4 is 111 Å². The van der Waals surface area contributed by atoms with Crippen LogP contribution in [0.15, 0.2) is 42.6 Å². The standard InChI is InChI=1S/C9H7N.2Cr.2K.7O/c1-2-6-9-8(4-1)5-3-7-10-9;;;;;;;;;;;/h1-7H;;;;;;;;;;;/q;;;2*+1;;;;;;2*-1. The molecule has 0 saturated heterocycles. The Bertz CT molecular complexity index is 669. The summed E-state index contributed by atoms with van der Waals surface area (Å²) in [4.78, 5) is 4.18. The molecule has 0 spiro atoms. The van der Waals surface area contributed by atoms with E-state index in [1.54, 1.807) is 0 Å². The fourth-order valence-electron chi connectivity index (χ4n) is 1.12. The van der Waals surface area contributed by atoms with Gasteiger partial charge in [0.1, 0.15) is 0 Å². The first-order valence-electron chi connectivity index (χ1n) is 4.60. The molecule has 1 aromatic carbocycles. The van der Waals surface area contributed by atoms with Crippen molar-refractivity contribution in [3.8, 4) is 0 Å². The Morgan fingerprint density at radius 1 is 0.857 bits per heavy atom. The molecule has 0 unspecified atom stereocenters. The van der Waals surface area contributed by atoms with Gasteiger partial charge in [-0.2, -0.15) is 0 Å². The van der Waals surface area contributed by atoms with E-state index >= 15 is 0 Å². The molecule has 1 aromatic heterocycles. The average molecular weight is 423 g/mol. The fraction of sp³-hybridized carbons (Fsp3) is 0. The first-order valence-corrected chi connectivity index (χ1v) is 8.76. The number of benzene rings is 1. The van der Waals surface area contributed by atoms with E-state index in [4.69, 9.17) is 0 Å². The van der Waals surface area contributed by atoms with Crippen molar-refractivity contribution in [2.75, 3.05) is 0 Å². The van der Waals surface area contributed by atoms with Gasteiger partial charge in [-0.05, 0) is 12.1 Å². The Morgan fingerprint density at radius 3 is 1.76 bits per heavy atom. The van der Waals surface area contributed by atoms with Gasteiger partial charge in [0, 0.05) is 11.6 Å². The molecule has 0 fully saturated rings. The molecule has 0 N–H and O–H groups in total. The van der Waals surface area contributed by atoms with Crippen molar-refractivity contribution in [3.05, 3.63) is 42.6 Å². The third-order valence-electron chi connectivity index (χ3n) is 1.68. The predicted octanol–water partition coefficient (Wildman–Crippen LogP) is -6.68. The molecular weight excluding hydrogens is 416 g/mol. The number of hydrogen-bond acceptors (Lipinski definition) is 8. The molecule has 0 aliphatic heterocycles. The van der Waals surface area contributed by atoms with Crippen molar-refractivity contribution in [2.24, 2.45) is 0 Å². The van der Waals surface area contributed by atoms with Gasteiger partial charge in [0.2, 0.25) is 0 Å². The summed E-state index contributed by atoms with van der Waals surface area (Å²) in [6.45, 7) is 0. The first-order chi connectivity index (χ1) is 8.67. The van der Waals surface area contributed by atoms with Crippen molar-refractivity contribution in [1.29, 1.82) is 0 Å². The van der Waals surface area contributed by atoms with Gasteiger partial charge >= 0.3 is 156 Å². The van der Waals surface area contributed by atoms with Crippen LogP contribution in [0.1, 0.15) is 0 Å². The molecule has 0 radical (unpaired) electrons. The molecule has 0 atom stereocenters. The van der Waals surface area contributed by atoms with Crippen molar-refractivity contribution in [2.45, 2.75) is 0 Å². The van der Waals surface area contributed by atoms with Crippen molar-refractivity contribution in [3.63, 3.8) is 0 Å². The zero-order valence-corrected chi connectivity index (χ0v) is 20.0. The minimum absolute atomic E-state index is 0. The van der Waals surface area contributed by atoms with E-state index in [9.17, 15) is 23.5 Å². The van der Waals surface area contributed by atoms with Crippen LogP contribution in [0.4, 0.5) is 0 Å². The van der Waals surface area contributed by atoms with E-state index in [0.717, 1.165) is 5.52 Å². The van der Waals surface area contributed by atoms with Crippen LogP contribution in [0.3, 0.4) is 0 Å². The second-order valence-corrected chi connectivity index (χ2v) is 6.72. The molecule has 8 nitrogen and oxygen atoms in total. The van der Waals surface area contributed by atoms with Gasteiger partial charge in [-0.3, -0.25) is 4.98 Å². The number of fused-ring (bicyclic) bond motifs is 1. The molecule has 0 saturated carbocycles. The average Bonchev–Trinajstić information content (AvgIpc) is 2.25. The Morgan fingerprint density at radius 2 is 1.33 bits per heavy atom. The maximum absolute atomic E-state index is 9.38. The van der Waals surface area contributed by atoms with E-state index < -0.39 is 27.2 Å². The number of pyridine rings is 1. The van der Waals surface area contributed by atoms with Crippen LogP contribution in [0.5, 0.6) is 0 Å². The van der Waals surface area contributed by atoms with Gasteiger partial charge in [-0.15, -0.1) is 0 Å². The molecule has 0 bridgehead atoms. The topological polar surface area (TPSA) is 137 Å². The summed E-state index contributed by atoms with van der Waals surface area (Å²) in [7, 11) is 0. The number of rotatable bonds is 2. The summed E-state index contributed by atoms with van der Waals surface area (Å²) < 4.78 is 58.9. The minimum Gasteiger partial charge on any atom is -0.256 e. The summed E-state index contributed by atoms with van der Waals surface area (Å²) in [5.74, 6) is 0. The Balaban J connectivity index is 0. The molecule has 0 amide bonds. The van der Waals surface area contributed by atoms with E-state index in [1.165, 1.54) is 5.39 Å². The minimum atomic E-state index is -6.07. The van der Waals surface area contributed by atoms with Crippen molar-refractivity contribution < 1.29 is 156 Å². The summed E-state index contributed by atoms with van der Waals surface area (Å²) in [5.41, 5.74) is 1.06. The quantitative estimate of drug-likeness (QED) is 0.435. The van der Waals surface area contributed by atoms with Crippen LogP contribution in [0.2, 0.25) is 0 Å². The summed E-state index contributed by atoms with van der Waals surface area (Å²) in [5, 5.41) is 1.20. The van der Waals surface area contributed by atoms with Crippen molar-refractivity contribution >= 4 is 10.9 Å². The molecule has 12 heteroatoms. The molecule has 2 rings (SSSR count). The third kappa shape index (κ3) is 13.1. The van der Waals surface area contributed by atoms with Crippen LogP contribution in [0, 0.1) is 0 Å². The van der Waals surface area contributed by atoms with Gasteiger partial charge in [-0.1, -0.05) is 24.3 Å². The molecule has 21 heavy (non-hydrogen) atoms. The van der Waals surface area contributed by atoms with E-state index in [-0.39, 0.29) is 103 Å². The van der Waals surface area contributed by atoms with Gasteiger partial charge in [-0.25, -0.2) is 0 Å². The Labute approximate surface area is 210 Å². The van der Waals surface area contributed by atoms with Crippen LogP contribution in [0.25, 0.3) is 10.9 Å². The number of hydrogen-bond donors (Lipinski definition) is 0. The zero-order chi connectivity index (χ0) is 14.5. The molecular formula is C9H7Cr2K2NO7. The van der Waals surface area contributed by atoms with E-state index in [1.807, 2.05) is 30.5 Å². The molecule has 104 valence electrons. The van der Waals surface area contributed by atoms with Gasteiger partial charge in [0.05, 0.1) is 5.52 Å². The number of para-hydroxylation sites is 1. The van der Waals surface area contributed by atoms with Crippen LogP contribution >= 0.6 is 0 Å². The van der Waals surface area contributed by atoms with Crippen molar-refractivity contribution in [1.82, 2.24) is 4.98 Å². The van der Waals surface area contributed by atoms with E-state index in [2.05, 4.69) is 20.0 Å². The third-order valence-corrected chi connectivity index (χ3v) is 4.35. The molecule has 1 heterocycles. The van der Waals surface area contributed by atoms with Crippen LogP contribution in [-0.2, 0) is 45.3 Å². The van der Waals surface area contributed by atoms with Gasteiger partial charge in [0.25, 0.3) is 0 Å². The monoisotopic (exact) mass is 423 g/mol.